The van der Waals surface area contributed by atoms with Crippen LogP contribution in [0.25, 0.3) is 0 Å². The van der Waals surface area contributed by atoms with E-state index in [1.807, 2.05) is 0 Å². The zero-order chi connectivity index (χ0) is 25.7. The van der Waals surface area contributed by atoms with Crippen LogP contribution in [-0.4, -0.2) is 48.8 Å². The number of nitrogens with zero attached hydrogens (tertiary/aromatic N) is 2. The normalized spacial score (nSPS) is 20.2. The maximum absolute atomic E-state index is 12.7. The van der Waals surface area contributed by atoms with E-state index < -0.39 is 12.1 Å². The minimum Gasteiger partial charge on any atom is -0.305 e. The van der Waals surface area contributed by atoms with Crippen molar-refractivity contribution < 1.29 is 19.2 Å². The fourth-order valence-corrected chi connectivity index (χ4v) is 4.71. The summed E-state index contributed by atoms with van der Waals surface area (Å²) in [6.07, 6.45) is 3.91. The second kappa shape index (κ2) is 12.0. The summed E-state index contributed by atoms with van der Waals surface area (Å²) < 4.78 is 0. The lowest BCUT2D eigenvalue weighted by Crippen LogP contribution is -2.39. The Morgan fingerprint density at radius 2 is 0.972 bits per heavy atom. The first-order valence-corrected chi connectivity index (χ1v) is 12.8. The Kier molecular flexibility index (Phi) is 8.74. The Bertz CT molecular complexity index is 1030. The molecule has 2 aliphatic rings. The third-order valence-electron chi connectivity index (χ3n) is 6.35. The largest absolute Gasteiger partial charge is 0.305 e. The number of nitrogens with one attached hydrogen (secondary N) is 2. The zero-order valence-corrected chi connectivity index (χ0v) is 21.2. The molecule has 2 atom stereocenters. The van der Waals surface area contributed by atoms with Crippen LogP contribution < -0.4 is 20.4 Å². The van der Waals surface area contributed by atoms with E-state index in [2.05, 4.69) is 10.6 Å². The number of benzene rings is 2. The van der Waals surface area contributed by atoms with Gasteiger partial charge < -0.3 is 10.6 Å². The van der Waals surface area contributed by atoms with Crippen LogP contribution in [0.4, 0.5) is 11.4 Å². The average molecular weight is 531 g/mol. The van der Waals surface area contributed by atoms with E-state index in [0.717, 1.165) is 25.7 Å². The van der Waals surface area contributed by atoms with E-state index in [1.165, 1.54) is 9.80 Å². The van der Waals surface area contributed by atoms with Crippen molar-refractivity contribution in [2.24, 2.45) is 0 Å². The van der Waals surface area contributed by atoms with Gasteiger partial charge in [0.1, 0.15) is 0 Å². The molecule has 0 radical (unpaired) electrons. The molecule has 0 spiro atoms. The molecule has 4 rings (SSSR count). The van der Waals surface area contributed by atoms with Crippen molar-refractivity contribution in [3.63, 3.8) is 0 Å². The van der Waals surface area contributed by atoms with Gasteiger partial charge in [-0.05, 0) is 74.5 Å². The number of carbonyl (C=O) groups is 4. The molecule has 0 unspecified atom stereocenters. The lowest BCUT2D eigenvalue weighted by molar-refractivity contribution is -0.123. The number of hydrogen-bond donors (Lipinski definition) is 2. The Hall–Kier alpha value is -2.78. The van der Waals surface area contributed by atoms with Gasteiger partial charge in [0.25, 0.3) is 11.8 Å². The van der Waals surface area contributed by atoms with Crippen LogP contribution in [0.1, 0.15) is 38.5 Å². The van der Waals surface area contributed by atoms with E-state index >= 15 is 0 Å². The van der Waals surface area contributed by atoms with Crippen LogP contribution in [0.2, 0.25) is 10.0 Å². The molecule has 0 aromatic heterocycles. The number of imide groups is 2. The van der Waals surface area contributed by atoms with Crippen molar-refractivity contribution >= 4 is 58.2 Å². The molecule has 36 heavy (non-hydrogen) atoms. The monoisotopic (exact) mass is 530 g/mol. The van der Waals surface area contributed by atoms with Crippen molar-refractivity contribution in [2.75, 3.05) is 22.9 Å². The molecular formula is C26H28Cl2N4O4. The molecule has 10 heteroatoms. The predicted molar refractivity (Wildman–Crippen MR) is 139 cm³/mol. The van der Waals surface area contributed by atoms with Crippen molar-refractivity contribution in [1.29, 1.82) is 0 Å². The molecule has 0 aliphatic carbocycles. The van der Waals surface area contributed by atoms with Gasteiger partial charge in [-0.3, -0.25) is 19.2 Å². The molecule has 4 amide bonds. The Labute approximate surface area is 219 Å². The van der Waals surface area contributed by atoms with Gasteiger partial charge in [-0.25, -0.2) is 9.80 Å². The summed E-state index contributed by atoms with van der Waals surface area (Å²) in [6.45, 7) is 1.27. The molecule has 2 N–H and O–H groups in total. The predicted octanol–water partition coefficient (Wildman–Crippen LogP) is 3.70. The molecule has 2 aromatic carbocycles. The number of carbonyl (C=O) groups excluding carboxylic acids is 4. The molecule has 2 heterocycles. The first kappa shape index (κ1) is 26.3. The molecule has 0 bridgehead atoms. The van der Waals surface area contributed by atoms with Crippen LogP contribution in [0.5, 0.6) is 0 Å². The van der Waals surface area contributed by atoms with Gasteiger partial charge in [-0.2, -0.15) is 0 Å². The average Bonchev–Trinajstić information content (AvgIpc) is 3.30. The Morgan fingerprint density at radius 3 is 1.33 bits per heavy atom. The minimum atomic E-state index is -0.510. The highest BCUT2D eigenvalue weighted by molar-refractivity contribution is 6.31. The third kappa shape index (κ3) is 6.13. The second-order valence-electron chi connectivity index (χ2n) is 8.92. The van der Waals surface area contributed by atoms with E-state index in [0.29, 0.717) is 34.5 Å². The van der Waals surface area contributed by atoms with Gasteiger partial charge in [0.05, 0.1) is 36.3 Å². The van der Waals surface area contributed by atoms with Crippen molar-refractivity contribution in [3.8, 4) is 0 Å². The second-order valence-corrected chi connectivity index (χ2v) is 9.80. The van der Waals surface area contributed by atoms with Gasteiger partial charge >= 0.3 is 0 Å². The maximum Gasteiger partial charge on any atom is 0.251 e. The first-order valence-electron chi connectivity index (χ1n) is 12.1. The Morgan fingerprint density at radius 1 is 0.611 bits per heavy atom. The molecule has 2 fully saturated rings. The van der Waals surface area contributed by atoms with Crippen LogP contribution in [0.3, 0.4) is 0 Å². The fraction of sp³-hybridized carbons (Fsp3) is 0.385. The summed E-state index contributed by atoms with van der Waals surface area (Å²) in [7, 11) is 0. The molecular weight excluding hydrogens is 503 g/mol. The van der Waals surface area contributed by atoms with E-state index in [1.54, 1.807) is 48.5 Å². The number of unbranched alkanes of at least 4 members (excludes halogenated alkanes) is 3. The summed E-state index contributed by atoms with van der Waals surface area (Å²) in [6, 6.07) is 12.3. The fourth-order valence-electron chi connectivity index (χ4n) is 4.46. The third-order valence-corrected chi connectivity index (χ3v) is 6.85. The molecule has 2 aromatic rings. The SMILES string of the molecule is O=C1C[C@H](NCCCCCCN[C@@H]2CC(=O)N(c3ccc(Cl)cc3)C2=O)C(=O)N1c1ccc(Cl)cc1. The zero-order valence-electron chi connectivity index (χ0n) is 19.7. The van der Waals surface area contributed by atoms with Gasteiger partial charge in [0.15, 0.2) is 0 Å². The molecule has 2 aliphatic heterocycles. The number of hydrogen-bond acceptors (Lipinski definition) is 6. The van der Waals surface area contributed by atoms with Gasteiger partial charge in [-0.1, -0.05) is 36.0 Å². The molecule has 8 nitrogen and oxygen atoms in total. The standard InChI is InChI=1S/C26H28Cl2N4O4/c27-17-5-9-19(10-6-17)31-23(33)15-21(25(31)35)29-13-3-1-2-4-14-30-22-16-24(34)32(26(22)36)20-11-7-18(28)8-12-20/h5-12,21-22,29-30H,1-4,13-16H2/t21-,22+. The smallest absolute Gasteiger partial charge is 0.251 e. The van der Waals surface area contributed by atoms with Crippen LogP contribution in [-0.2, 0) is 19.2 Å². The quantitative estimate of drug-likeness (QED) is 0.339. The summed E-state index contributed by atoms with van der Waals surface area (Å²) in [4.78, 5) is 52.4. The van der Waals surface area contributed by atoms with Gasteiger partial charge in [-0.15, -0.1) is 0 Å². The van der Waals surface area contributed by atoms with Crippen LogP contribution in [0, 0.1) is 0 Å². The summed E-state index contributed by atoms with van der Waals surface area (Å²) in [5, 5.41) is 7.48. The van der Waals surface area contributed by atoms with Crippen LogP contribution >= 0.6 is 23.2 Å². The van der Waals surface area contributed by atoms with Crippen molar-refractivity contribution in [3.05, 3.63) is 58.6 Å². The van der Waals surface area contributed by atoms with Crippen molar-refractivity contribution in [2.45, 2.75) is 50.6 Å². The van der Waals surface area contributed by atoms with Gasteiger partial charge in [0.2, 0.25) is 11.8 Å². The van der Waals surface area contributed by atoms with Crippen molar-refractivity contribution in [1.82, 2.24) is 10.6 Å². The number of anilines is 2. The number of rotatable bonds is 11. The molecule has 190 valence electrons. The van der Waals surface area contributed by atoms with E-state index in [4.69, 9.17) is 23.2 Å². The van der Waals surface area contributed by atoms with E-state index in [9.17, 15) is 19.2 Å². The summed E-state index contributed by atoms with van der Waals surface area (Å²) in [5.41, 5.74) is 1.06. The van der Waals surface area contributed by atoms with Crippen LogP contribution in [0.15, 0.2) is 48.5 Å². The first-order chi connectivity index (χ1) is 17.3. The maximum atomic E-state index is 12.7. The highest BCUT2D eigenvalue weighted by atomic mass is 35.5. The summed E-state index contributed by atoms with van der Waals surface area (Å²) in [5.74, 6) is -0.925. The molecule has 2 saturated heterocycles. The molecule has 0 saturated carbocycles. The summed E-state index contributed by atoms with van der Waals surface area (Å²) >= 11 is 11.8. The minimum absolute atomic E-state index is 0.145. The highest BCUT2D eigenvalue weighted by Gasteiger charge is 2.40. The highest BCUT2D eigenvalue weighted by Crippen LogP contribution is 2.25. The number of halogens is 2. The lowest BCUT2D eigenvalue weighted by atomic mass is 10.1. The van der Waals surface area contributed by atoms with E-state index in [-0.39, 0.29) is 36.5 Å². The number of amides is 4. The van der Waals surface area contributed by atoms with Gasteiger partial charge in [0, 0.05) is 10.0 Å². The Balaban J connectivity index is 1.11. The topological polar surface area (TPSA) is 98.8 Å². The lowest BCUT2D eigenvalue weighted by Gasteiger charge is -2.16.